The molecule has 11 heteroatoms. The van der Waals surface area contributed by atoms with Crippen LogP contribution in [0.25, 0.3) is 55.2 Å². The summed E-state index contributed by atoms with van der Waals surface area (Å²) >= 11 is 0. The van der Waals surface area contributed by atoms with E-state index in [4.69, 9.17) is 19.9 Å². The van der Waals surface area contributed by atoms with Gasteiger partial charge in [0.25, 0.3) is 0 Å². The molecule has 0 aliphatic carbocycles. The molecule has 0 bridgehead atoms. The van der Waals surface area contributed by atoms with Gasteiger partial charge in [-0.05, 0) is 159 Å². The van der Waals surface area contributed by atoms with Gasteiger partial charge in [-0.1, -0.05) is 217 Å². The maximum absolute atomic E-state index is 4.90. The van der Waals surface area contributed by atoms with Gasteiger partial charge in [-0.25, -0.2) is 19.9 Å². The number of para-hydroxylation sites is 6. The fourth-order valence-electron chi connectivity index (χ4n) is 17.2. The second-order valence-electron chi connectivity index (χ2n) is 29.4. The van der Waals surface area contributed by atoms with Crippen molar-refractivity contribution in [3.05, 3.63) is 348 Å². The predicted molar refractivity (Wildman–Crippen MR) is 418 cm³/mol. The first-order valence-electron chi connectivity index (χ1n) is 35.2. The molecule has 0 saturated carbocycles. The van der Waals surface area contributed by atoms with Crippen molar-refractivity contribution in [2.24, 2.45) is 0 Å². The van der Waals surface area contributed by atoms with Crippen molar-refractivity contribution in [1.29, 1.82) is 0 Å². The van der Waals surface area contributed by atoms with E-state index in [-0.39, 0.29) is 42.7 Å². The summed E-state index contributed by atoms with van der Waals surface area (Å²) in [6, 6.07) is 104. The number of hydrogen-bond acceptors (Lipinski definition) is 8. The van der Waals surface area contributed by atoms with Gasteiger partial charge in [-0.3, -0.25) is 9.47 Å². The molecule has 0 amide bonds. The van der Waals surface area contributed by atoms with Gasteiger partial charge in [0.15, 0.2) is 0 Å². The van der Waals surface area contributed by atoms with Crippen LogP contribution in [-0.4, -0.2) is 29.1 Å². The summed E-state index contributed by atoms with van der Waals surface area (Å²) in [5, 5.41) is 4.73. The summed E-state index contributed by atoms with van der Waals surface area (Å²) in [4.78, 5) is 28.8. The normalized spacial score (nSPS) is 15.1. The van der Waals surface area contributed by atoms with Crippen LogP contribution in [0.3, 0.4) is 0 Å². The topological polar surface area (TPSA) is 74.4 Å². The molecule has 0 fully saturated rings. The first-order valence-corrected chi connectivity index (χ1v) is 35.2. The van der Waals surface area contributed by atoms with Crippen molar-refractivity contribution in [3.8, 4) is 11.6 Å². The van der Waals surface area contributed by atoms with Crippen molar-refractivity contribution in [2.45, 2.75) is 77.0 Å². The van der Waals surface area contributed by atoms with Crippen LogP contribution in [0, 0.1) is 12.1 Å². The Morgan fingerprint density at radius 1 is 0.262 bits per heavy atom. The Hall–Kier alpha value is -11.7. The van der Waals surface area contributed by atoms with Crippen molar-refractivity contribution >= 4 is 112 Å². The number of nitrogens with zero attached hydrogens (tertiary/aromatic N) is 10. The van der Waals surface area contributed by atoms with E-state index in [1.807, 2.05) is 55.1 Å². The minimum atomic E-state index is -0.288. The molecule has 0 N–H and O–H groups in total. The largest absolute Gasteiger partial charge is 2.00 e. The van der Waals surface area contributed by atoms with Crippen LogP contribution in [0.2, 0.25) is 0 Å². The summed E-state index contributed by atoms with van der Waals surface area (Å²) in [6.45, 7) is 18.8. The molecule has 4 aliphatic rings. The molecule has 0 atom stereocenters. The zero-order valence-electron chi connectivity index (χ0n) is 58.5. The van der Waals surface area contributed by atoms with Crippen LogP contribution >= 0.6 is 0 Å². The molecule has 0 radical (unpaired) electrons. The quantitative estimate of drug-likeness (QED) is 0.153. The summed E-state index contributed by atoms with van der Waals surface area (Å²) < 4.78 is 4.53. The molecule has 10 nitrogen and oxygen atoms in total. The maximum Gasteiger partial charge on any atom is 2.00 e. The number of fused-ring (bicyclic) bond motifs is 14. The molecule has 0 unspecified atom stereocenters. The molecule has 4 aliphatic heterocycles. The minimum Gasteiger partial charge on any atom is -0.358 e. The number of benzene rings is 10. The summed E-state index contributed by atoms with van der Waals surface area (Å²) in [6.07, 6.45) is 7.48. The van der Waals surface area contributed by atoms with Gasteiger partial charge < -0.3 is 19.3 Å². The van der Waals surface area contributed by atoms with E-state index in [2.05, 4.69) is 333 Å². The third-order valence-corrected chi connectivity index (χ3v) is 22.3. The summed E-state index contributed by atoms with van der Waals surface area (Å²) in [5.41, 5.74) is 24.5. The van der Waals surface area contributed by atoms with Crippen LogP contribution in [0.15, 0.2) is 292 Å². The Kier molecular flexibility index (Phi) is 14.6. The molecule has 500 valence electrons. The number of aromatic nitrogens is 6. The van der Waals surface area contributed by atoms with Gasteiger partial charge in [-0.15, -0.1) is 34.7 Å². The average molecular weight is 1510 g/mol. The Morgan fingerprint density at radius 3 is 1.17 bits per heavy atom. The van der Waals surface area contributed by atoms with E-state index in [1.54, 1.807) is 0 Å². The minimum absolute atomic E-state index is 0. The Balaban J connectivity index is 0.000000146. The van der Waals surface area contributed by atoms with Gasteiger partial charge in [0.05, 0.1) is 33.8 Å². The first-order chi connectivity index (χ1) is 49.7. The molecule has 103 heavy (non-hydrogen) atoms. The van der Waals surface area contributed by atoms with Crippen LogP contribution in [-0.2, 0) is 42.7 Å². The van der Waals surface area contributed by atoms with Gasteiger partial charge >= 0.3 is 21.1 Å². The van der Waals surface area contributed by atoms with Gasteiger partial charge in [0, 0.05) is 69.0 Å². The number of anilines is 12. The molecular weight excluding hydrogens is 1440 g/mol. The maximum atomic E-state index is 4.90. The third-order valence-electron chi connectivity index (χ3n) is 22.3. The predicted octanol–water partition coefficient (Wildman–Crippen LogP) is 23.2. The second kappa shape index (κ2) is 23.7. The number of hydrogen-bond donors (Lipinski definition) is 0. The van der Waals surface area contributed by atoms with E-state index < -0.39 is 0 Å². The monoisotopic (exact) mass is 1510 g/mol. The molecule has 16 aromatic rings. The smallest absolute Gasteiger partial charge is 0.358 e. The van der Waals surface area contributed by atoms with Gasteiger partial charge in [-0.2, -0.15) is 12.1 Å². The zero-order chi connectivity index (χ0) is 69.0. The van der Waals surface area contributed by atoms with Crippen LogP contribution < -0.4 is 19.6 Å². The van der Waals surface area contributed by atoms with E-state index in [0.717, 1.165) is 96.2 Å². The van der Waals surface area contributed by atoms with Crippen molar-refractivity contribution < 1.29 is 21.1 Å². The fourth-order valence-corrected chi connectivity index (χ4v) is 17.2. The second-order valence-corrected chi connectivity index (χ2v) is 29.4. The van der Waals surface area contributed by atoms with E-state index in [1.165, 1.54) is 72.0 Å². The van der Waals surface area contributed by atoms with Gasteiger partial charge in [0.1, 0.15) is 23.3 Å². The zero-order valence-corrected chi connectivity index (χ0v) is 60.8. The first kappa shape index (κ1) is 63.5. The summed E-state index contributed by atoms with van der Waals surface area (Å²) in [5.74, 6) is 3.55. The van der Waals surface area contributed by atoms with Crippen LogP contribution in [0.1, 0.15) is 99.9 Å². The standard InChI is InChI=1S/C46H37N5.C46H35N5.Pt/c2*1-45(2)33-16-6-9-19-38(33)49(30-23-24-32-31-15-5-8-18-37(31)50(40(32)27-30)43-21-11-13-25-47-43)41-29-42-36(28-35(41)45)46(3,4)34-17-7-10-20-39(34)51(42)44-22-12-14-26-48-44;/h5-29H,1-4H3;5-26,28H,1-4H3;/q;-2;+2. The average Bonchev–Trinajstić information content (AvgIpc) is 1.37. The Labute approximate surface area is 614 Å². The molecule has 10 aromatic carbocycles. The van der Waals surface area contributed by atoms with Crippen molar-refractivity contribution in [1.82, 2.24) is 29.1 Å². The van der Waals surface area contributed by atoms with E-state index in [0.29, 0.717) is 0 Å². The van der Waals surface area contributed by atoms with Crippen molar-refractivity contribution in [2.75, 3.05) is 19.6 Å². The number of pyridine rings is 4. The third kappa shape index (κ3) is 9.49. The van der Waals surface area contributed by atoms with E-state index >= 15 is 0 Å². The molecule has 10 heterocycles. The Morgan fingerprint density at radius 2 is 0.641 bits per heavy atom. The van der Waals surface area contributed by atoms with Crippen molar-refractivity contribution in [3.63, 3.8) is 0 Å². The SMILES string of the molecule is CC1(C)c2cc3c([c-]c2N(c2[c-]c4c(cc2)c2ccccc2n4-c2ccccn2)c2ccccc21)N(c1ccccn1)c1ccccc1C3(C)C.CC1(C)c2ccccc2N(c2ccc3c4ccccc4n(-c4ccccn4)c3c2)c2cc3c(cc21)C(C)(C)c1ccccc1N3c1ccccn1.[Pt+2]. The molecular formula is C92H72N10Pt. The molecule has 0 saturated heterocycles. The van der Waals surface area contributed by atoms with Crippen LogP contribution in [0.4, 0.5) is 68.5 Å². The van der Waals surface area contributed by atoms with E-state index in [9.17, 15) is 0 Å². The number of rotatable bonds is 6. The fraction of sp³-hybridized carbons (Fsp3) is 0.130. The summed E-state index contributed by atoms with van der Waals surface area (Å²) in [7, 11) is 0. The Bertz CT molecular complexity index is 5690. The van der Waals surface area contributed by atoms with Gasteiger partial charge in [0.2, 0.25) is 0 Å². The van der Waals surface area contributed by atoms with Crippen LogP contribution in [0.5, 0.6) is 0 Å². The molecule has 6 aromatic heterocycles. The molecule has 20 rings (SSSR count). The molecule has 0 spiro atoms.